The zero-order chi connectivity index (χ0) is 16.7. The Labute approximate surface area is 137 Å². The highest BCUT2D eigenvalue weighted by molar-refractivity contribution is 6.60. The predicted molar refractivity (Wildman–Crippen MR) is 96.0 cm³/mol. The van der Waals surface area contributed by atoms with Crippen molar-refractivity contribution in [2.75, 3.05) is 21.3 Å². The van der Waals surface area contributed by atoms with Crippen LogP contribution >= 0.6 is 0 Å². The van der Waals surface area contributed by atoms with Gasteiger partial charge in [-0.1, -0.05) is 54.8 Å². The number of allylic oxidation sites excluding steroid dienone is 1. The fourth-order valence-corrected chi connectivity index (χ4v) is 3.87. The van der Waals surface area contributed by atoms with Crippen molar-refractivity contribution in [1.29, 1.82) is 0 Å². The third-order valence-electron chi connectivity index (χ3n) is 3.51. The van der Waals surface area contributed by atoms with Gasteiger partial charge in [0.1, 0.15) is 0 Å². The van der Waals surface area contributed by atoms with Gasteiger partial charge >= 0.3 is 8.80 Å². The molecule has 0 aliphatic carbocycles. The molecule has 0 amide bonds. The smallest absolute Gasteiger partial charge is 0.377 e. The summed E-state index contributed by atoms with van der Waals surface area (Å²) in [7, 11) is 2.68. The summed E-state index contributed by atoms with van der Waals surface area (Å²) in [6.07, 6.45) is 7.87. The standard InChI is InChI=1S/C11H24O3Si.C7H8/c1-5-6-7-8-9-10-11-15(12-2,13-3)14-4;1-7-5-3-2-4-6-7/h5H,1,6-11H2,2-4H3;2-6H,1H3. The van der Waals surface area contributed by atoms with Crippen LogP contribution in [0.5, 0.6) is 0 Å². The Kier molecular flexibility index (Phi) is 13.1. The molecule has 0 heterocycles. The summed E-state index contributed by atoms with van der Waals surface area (Å²) in [5.41, 5.74) is 1.32. The van der Waals surface area contributed by atoms with Gasteiger partial charge in [-0.3, -0.25) is 0 Å². The van der Waals surface area contributed by atoms with Crippen LogP contribution in [0.4, 0.5) is 0 Å². The molecule has 0 aliphatic heterocycles. The lowest BCUT2D eigenvalue weighted by atomic mass is 10.1. The molecule has 0 spiro atoms. The number of rotatable bonds is 10. The van der Waals surface area contributed by atoms with Crippen LogP contribution in [-0.4, -0.2) is 30.1 Å². The van der Waals surface area contributed by atoms with Gasteiger partial charge in [0, 0.05) is 27.4 Å². The molecule has 0 N–H and O–H groups in total. The summed E-state index contributed by atoms with van der Waals surface area (Å²) in [4.78, 5) is 0. The number of hydrogen-bond acceptors (Lipinski definition) is 3. The van der Waals surface area contributed by atoms with Crippen LogP contribution in [0.25, 0.3) is 0 Å². The molecule has 0 bridgehead atoms. The molecule has 22 heavy (non-hydrogen) atoms. The molecule has 0 unspecified atom stereocenters. The quantitative estimate of drug-likeness (QED) is 0.344. The average molecular weight is 325 g/mol. The lowest BCUT2D eigenvalue weighted by Gasteiger charge is -2.24. The van der Waals surface area contributed by atoms with E-state index in [1.165, 1.54) is 24.8 Å². The summed E-state index contributed by atoms with van der Waals surface area (Å²) in [6, 6.07) is 11.2. The number of benzene rings is 1. The molecule has 0 saturated heterocycles. The largest absolute Gasteiger partial charge is 0.500 e. The Morgan fingerprint density at radius 2 is 1.45 bits per heavy atom. The van der Waals surface area contributed by atoms with Gasteiger partial charge < -0.3 is 13.3 Å². The molecule has 0 aliphatic rings. The summed E-state index contributed by atoms with van der Waals surface area (Å²) >= 11 is 0. The first-order valence-electron chi connectivity index (χ1n) is 7.92. The van der Waals surface area contributed by atoms with Gasteiger partial charge in [0.2, 0.25) is 0 Å². The first-order chi connectivity index (χ1) is 10.6. The lowest BCUT2D eigenvalue weighted by molar-refractivity contribution is 0.122. The monoisotopic (exact) mass is 324 g/mol. The Balaban J connectivity index is 0.000000518. The van der Waals surface area contributed by atoms with Crippen molar-refractivity contribution >= 4 is 8.80 Å². The highest BCUT2D eigenvalue weighted by atomic mass is 28.4. The van der Waals surface area contributed by atoms with Gasteiger partial charge in [-0.25, -0.2) is 0 Å². The van der Waals surface area contributed by atoms with Crippen molar-refractivity contribution in [3.8, 4) is 0 Å². The van der Waals surface area contributed by atoms with E-state index in [0.717, 1.165) is 18.9 Å². The summed E-state index contributed by atoms with van der Waals surface area (Å²) in [5, 5.41) is 0. The van der Waals surface area contributed by atoms with Crippen molar-refractivity contribution in [3.63, 3.8) is 0 Å². The average Bonchev–Trinajstić information content (AvgIpc) is 2.56. The van der Waals surface area contributed by atoms with Gasteiger partial charge in [0.05, 0.1) is 0 Å². The van der Waals surface area contributed by atoms with E-state index >= 15 is 0 Å². The normalized spacial score (nSPS) is 10.7. The summed E-state index contributed by atoms with van der Waals surface area (Å²) in [6.45, 7) is 5.79. The van der Waals surface area contributed by atoms with Crippen LogP contribution in [0, 0.1) is 6.92 Å². The van der Waals surface area contributed by atoms with Crippen molar-refractivity contribution in [2.45, 2.75) is 45.1 Å². The van der Waals surface area contributed by atoms with Crippen molar-refractivity contribution in [2.24, 2.45) is 0 Å². The maximum absolute atomic E-state index is 5.34. The van der Waals surface area contributed by atoms with E-state index in [0.29, 0.717) is 0 Å². The van der Waals surface area contributed by atoms with Crippen LogP contribution < -0.4 is 0 Å². The van der Waals surface area contributed by atoms with E-state index in [1.54, 1.807) is 21.3 Å². The van der Waals surface area contributed by atoms with Gasteiger partial charge in [0.25, 0.3) is 0 Å². The Morgan fingerprint density at radius 1 is 0.909 bits per heavy atom. The number of aryl methyl sites for hydroxylation is 1. The van der Waals surface area contributed by atoms with E-state index in [2.05, 4.69) is 25.6 Å². The van der Waals surface area contributed by atoms with Crippen LogP contribution in [-0.2, 0) is 13.3 Å². The van der Waals surface area contributed by atoms with Crippen molar-refractivity contribution < 1.29 is 13.3 Å². The third kappa shape index (κ3) is 9.90. The topological polar surface area (TPSA) is 27.7 Å². The van der Waals surface area contributed by atoms with Gasteiger partial charge in [-0.05, 0) is 26.2 Å². The van der Waals surface area contributed by atoms with Crippen LogP contribution in [0.1, 0.15) is 37.7 Å². The van der Waals surface area contributed by atoms with Gasteiger partial charge in [0.15, 0.2) is 0 Å². The second-order valence-corrected chi connectivity index (χ2v) is 8.28. The minimum Gasteiger partial charge on any atom is -0.377 e. The molecule has 3 nitrogen and oxygen atoms in total. The predicted octanol–water partition coefficient (Wildman–Crippen LogP) is 5.00. The van der Waals surface area contributed by atoms with Crippen molar-refractivity contribution in [3.05, 3.63) is 48.6 Å². The molecule has 0 atom stereocenters. The first-order valence-corrected chi connectivity index (χ1v) is 9.85. The maximum atomic E-state index is 5.34. The van der Waals surface area contributed by atoms with Crippen LogP contribution in [0.15, 0.2) is 43.0 Å². The van der Waals surface area contributed by atoms with E-state index in [-0.39, 0.29) is 0 Å². The van der Waals surface area contributed by atoms with E-state index in [1.807, 2.05) is 24.3 Å². The molecular formula is C18H32O3Si. The lowest BCUT2D eigenvalue weighted by Crippen LogP contribution is -2.42. The molecule has 0 fully saturated rings. The van der Waals surface area contributed by atoms with Gasteiger partial charge in [-0.15, -0.1) is 6.58 Å². The Morgan fingerprint density at radius 3 is 1.86 bits per heavy atom. The molecule has 1 aromatic rings. The molecule has 1 rings (SSSR count). The van der Waals surface area contributed by atoms with Crippen LogP contribution in [0.2, 0.25) is 6.04 Å². The minimum atomic E-state index is -2.31. The Hall–Kier alpha value is -0.943. The van der Waals surface area contributed by atoms with Crippen molar-refractivity contribution in [1.82, 2.24) is 0 Å². The highest BCUT2D eigenvalue weighted by Gasteiger charge is 2.36. The molecule has 1 aromatic carbocycles. The fourth-order valence-electron chi connectivity index (χ4n) is 2.07. The first kappa shape index (κ1) is 21.1. The zero-order valence-electron chi connectivity index (χ0n) is 14.6. The van der Waals surface area contributed by atoms with E-state index in [9.17, 15) is 0 Å². The minimum absolute atomic E-state index is 0.907. The van der Waals surface area contributed by atoms with E-state index in [4.69, 9.17) is 13.3 Å². The molecule has 4 heteroatoms. The zero-order valence-corrected chi connectivity index (χ0v) is 15.6. The highest BCUT2D eigenvalue weighted by Crippen LogP contribution is 2.17. The second kappa shape index (κ2) is 13.7. The molecular weight excluding hydrogens is 292 g/mol. The molecule has 0 radical (unpaired) electrons. The fraction of sp³-hybridized carbons (Fsp3) is 0.556. The Bertz CT molecular complexity index is 356. The summed E-state index contributed by atoms with van der Waals surface area (Å²) < 4.78 is 16.0. The van der Waals surface area contributed by atoms with E-state index < -0.39 is 8.80 Å². The number of hydrogen-bond donors (Lipinski definition) is 0. The molecule has 0 saturated carbocycles. The third-order valence-corrected chi connectivity index (χ3v) is 6.35. The maximum Gasteiger partial charge on any atom is 0.500 e. The SMILES string of the molecule is C=CCCCCCC[Si](OC)(OC)OC.Cc1ccccc1. The second-order valence-electron chi connectivity index (χ2n) is 5.19. The van der Waals surface area contributed by atoms with Gasteiger partial charge in [-0.2, -0.15) is 0 Å². The molecule has 0 aromatic heterocycles. The van der Waals surface area contributed by atoms with Crippen LogP contribution in [0.3, 0.4) is 0 Å². The summed E-state index contributed by atoms with van der Waals surface area (Å²) in [5.74, 6) is 0. The molecule has 126 valence electrons. The number of unbranched alkanes of at least 4 members (excludes halogenated alkanes) is 4.